The molecule has 0 N–H and O–H groups in total. The van der Waals surface area contributed by atoms with E-state index in [4.69, 9.17) is 0 Å². The van der Waals surface area contributed by atoms with Crippen LogP contribution < -0.4 is 0 Å². The van der Waals surface area contributed by atoms with Crippen LogP contribution in [0.25, 0.3) is 0 Å². The van der Waals surface area contributed by atoms with Gasteiger partial charge in [-0.2, -0.15) is 0 Å². The summed E-state index contributed by atoms with van der Waals surface area (Å²) in [6.07, 6.45) is 14.3. The van der Waals surface area contributed by atoms with Crippen molar-refractivity contribution in [3.8, 4) is 0 Å². The third-order valence-corrected chi connectivity index (χ3v) is 4.96. The van der Waals surface area contributed by atoms with Crippen molar-refractivity contribution in [3.63, 3.8) is 0 Å². The minimum absolute atomic E-state index is 0.882. The van der Waals surface area contributed by atoms with Crippen LogP contribution >= 0.6 is 0 Å². The molecule has 3 atom stereocenters. The minimum Gasteiger partial charge on any atom is -0.0651 e. The van der Waals surface area contributed by atoms with Crippen LogP contribution in [0.4, 0.5) is 0 Å². The van der Waals surface area contributed by atoms with Crippen molar-refractivity contribution in [1.82, 2.24) is 0 Å². The Morgan fingerprint density at radius 2 is 0.850 bits per heavy atom. The smallest absolute Gasteiger partial charge is 0.0443 e. The normalized spacial score (nSPS) is 16.4. The van der Waals surface area contributed by atoms with Gasteiger partial charge >= 0.3 is 0 Å². The predicted octanol–water partition coefficient (Wildman–Crippen LogP) is 7.47. The third-order valence-electron chi connectivity index (χ3n) is 4.96. The summed E-state index contributed by atoms with van der Waals surface area (Å²) in [5.41, 5.74) is 0. The Kier molecular flexibility index (Phi) is 12.7. The van der Waals surface area contributed by atoms with E-state index in [9.17, 15) is 0 Å². The summed E-state index contributed by atoms with van der Waals surface area (Å²) in [6, 6.07) is 0. The van der Waals surface area contributed by atoms with Gasteiger partial charge in [0.15, 0.2) is 0 Å². The largest absolute Gasteiger partial charge is 0.0651 e. The van der Waals surface area contributed by atoms with Gasteiger partial charge in [-0.1, -0.05) is 106 Å². The number of hydrogen-bond acceptors (Lipinski definition) is 0. The molecule has 0 heteroatoms. The average molecular weight is 283 g/mol. The maximum atomic E-state index is 2.46. The van der Waals surface area contributed by atoms with Crippen LogP contribution in [0, 0.1) is 23.7 Å². The molecule has 0 unspecified atom stereocenters. The molecule has 0 aromatic carbocycles. The highest BCUT2D eigenvalue weighted by Gasteiger charge is 2.07. The molecule has 0 aliphatic rings. The van der Waals surface area contributed by atoms with Gasteiger partial charge < -0.3 is 0 Å². The minimum atomic E-state index is 0.882. The fourth-order valence-corrected chi connectivity index (χ4v) is 3.00. The fraction of sp³-hybridized carbons (Fsp3) is 1.00. The number of rotatable bonds is 13. The Morgan fingerprint density at radius 1 is 0.500 bits per heavy atom. The van der Waals surface area contributed by atoms with Crippen molar-refractivity contribution >= 4 is 0 Å². The van der Waals surface area contributed by atoms with E-state index in [0.29, 0.717) is 0 Å². The van der Waals surface area contributed by atoms with Gasteiger partial charge in [0.05, 0.1) is 0 Å². The molecule has 0 nitrogen and oxygen atoms in total. The molecule has 0 aliphatic heterocycles. The molecule has 0 rings (SSSR count). The molecule has 0 saturated heterocycles. The SMILES string of the molecule is CC[C@H](C)CCC[C@@H](C)CCC[C@H](C)CCCC(C)C. The Balaban J connectivity index is 3.43. The fourth-order valence-electron chi connectivity index (χ4n) is 3.00. The highest BCUT2D eigenvalue weighted by molar-refractivity contribution is 4.60. The van der Waals surface area contributed by atoms with E-state index in [2.05, 4.69) is 41.5 Å². The topological polar surface area (TPSA) is 0 Å². The van der Waals surface area contributed by atoms with E-state index >= 15 is 0 Å². The van der Waals surface area contributed by atoms with Crippen molar-refractivity contribution in [2.24, 2.45) is 23.7 Å². The predicted molar refractivity (Wildman–Crippen MR) is 94.2 cm³/mol. The maximum absolute atomic E-state index is 2.46. The Hall–Kier alpha value is 0. The standard InChI is InChI=1S/C20H42/c1-7-18(4)12-9-14-20(6)16-10-15-19(5)13-8-11-17(2)3/h17-20H,7-16H2,1-6H3/t18-,19+,20+/m0/s1. The second-order valence-corrected chi connectivity index (χ2v) is 7.91. The van der Waals surface area contributed by atoms with Crippen LogP contribution in [0.1, 0.15) is 106 Å². The lowest BCUT2D eigenvalue weighted by molar-refractivity contribution is 0.376. The first kappa shape index (κ1) is 20.0. The zero-order valence-electron chi connectivity index (χ0n) is 15.4. The molecule has 0 aromatic rings. The van der Waals surface area contributed by atoms with E-state index in [1.54, 1.807) is 0 Å². The molecule has 0 saturated carbocycles. The lowest BCUT2D eigenvalue weighted by Crippen LogP contribution is -2.01. The van der Waals surface area contributed by atoms with Crippen LogP contribution in [0.5, 0.6) is 0 Å². The Bertz CT molecular complexity index is 194. The molecule has 20 heavy (non-hydrogen) atoms. The first-order valence-electron chi connectivity index (χ1n) is 9.45. The van der Waals surface area contributed by atoms with Crippen LogP contribution in [-0.4, -0.2) is 0 Å². The van der Waals surface area contributed by atoms with Gasteiger partial charge in [0.25, 0.3) is 0 Å². The van der Waals surface area contributed by atoms with E-state index in [1.807, 2.05) is 0 Å². The van der Waals surface area contributed by atoms with Gasteiger partial charge in [-0.05, 0) is 23.7 Å². The molecule has 0 amide bonds. The average Bonchev–Trinajstić information content (AvgIpc) is 2.38. The summed E-state index contributed by atoms with van der Waals surface area (Å²) in [5, 5.41) is 0. The van der Waals surface area contributed by atoms with Crippen LogP contribution in [0.3, 0.4) is 0 Å². The van der Waals surface area contributed by atoms with Crippen LogP contribution in [-0.2, 0) is 0 Å². The highest BCUT2D eigenvalue weighted by Crippen LogP contribution is 2.22. The van der Waals surface area contributed by atoms with Gasteiger partial charge in [-0.3, -0.25) is 0 Å². The summed E-state index contributed by atoms with van der Waals surface area (Å²) in [4.78, 5) is 0. The lowest BCUT2D eigenvalue weighted by Gasteiger charge is -2.15. The van der Waals surface area contributed by atoms with E-state index in [-0.39, 0.29) is 0 Å². The molecule has 0 heterocycles. The zero-order chi connectivity index (χ0) is 15.4. The summed E-state index contributed by atoms with van der Waals surface area (Å²) in [5.74, 6) is 3.71. The summed E-state index contributed by atoms with van der Waals surface area (Å²) in [7, 11) is 0. The van der Waals surface area contributed by atoms with E-state index in [1.165, 1.54) is 64.2 Å². The summed E-state index contributed by atoms with van der Waals surface area (Å²) >= 11 is 0. The third kappa shape index (κ3) is 13.0. The maximum Gasteiger partial charge on any atom is -0.0443 e. The molecule has 0 aliphatic carbocycles. The Labute approximate surface area is 130 Å². The van der Waals surface area contributed by atoms with Crippen molar-refractivity contribution < 1.29 is 0 Å². The second-order valence-electron chi connectivity index (χ2n) is 7.91. The van der Waals surface area contributed by atoms with Crippen molar-refractivity contribution in [3.05, 3.63) is 0 Å². The Morgan fingerprint density at radius 3 is 1.20 bits per heavy atom. The molecule has 0 fully saturated rings. The van der Waals surface area contributed by atoms with Gasteiger partial charge in [0.2, 0.25) is 0 Å². The first-order valence-corrected chi connectivity index (χ1v) is 9.45. The first-order chi connectivity index (χ1) is 9.45. The molecule has 0 spiro atoms. The quantitative estimate of drug-likeness (QED) is 0.328. The van der Waals surface area contributed by atoms with Gasteiger partial charge in [-0.15, -0.1) is 0 Å². The molecule has 0 radical (unpaired) electrons. The van der Waals surface area contributed by atoms with Crippen LogP contribution in [0.2, 0.25) is 0 Å². The van der Waals surface area contributed by atoms with E-state index in [0.717, 1.165) is 23.7 Å². The highest BCUT2D eigenvalue weighted by atomic mass is 14.1. The van der Waals surface area contributed by atoms with Crippen molar-refractivity contribution in [2.45, 2.75) is 106 Å². The molecular weight excluding hydrogens is 240 g/mol. The molecule has 0 bridgehead atoms. The van der Waals surface area contributed by atoms with Crippen molar-refractivity contribution in [1.29, 1.82) is 0 Å². The zero-order valence-corrected chi connectivity index (χ0v) is 15.4. The second kappa shape index (κ2) is 12.7. The summed E-state index contributed by atoms with van der Waals surface area (Å²) in [6.45, 7) is 14.3. The summed E-state index contributed by atoms with van der Waals surface area (Å²) < 4.78 is 0. The van der Waals surface area contributed by atoms with Crippen LogP contribution in [0.15, 0.2) is 0 Å². The lowest BCUT2D eigenvalue weighted by atomic mass is 9.91. The monoisotopic (exact) mass is 282 g/mol. The molecular formula is C20H42. The number of hydrogen-bond donors (Lipinski definition) is 0. The molecule has 0 aromatic heterocycles. The van der Waals surface area contributed by atoms with Gasteiger partial charge in [0.1, 0.15) is 0 Å². The molecule has 122 valence electrons. The van der Waals surface area contributed by atoms with Gasteiger partial charge in [-0.25, -0.2) is 0 Å². The van der Waals surface area contributed by atoms with Crippen molar-refractivity contribution in [2.75, 3.05) is 0 Å². The van der Waals surface area contributed by atoms with Gasteiger partial charge in [0, 0.05) is 0 Å². The van der Waals surface area contributed by atoms with E-state index < -0.39 is 0 Å².